The quantitative estimate of drug-likeness (QED) is 0.505. The molecule has 3 aromatic carbocycles. The van der Waals surface area contributed by atoms with Crippen molar-refractivity contribution in [1.29, 1.82) is 0 Å². The monoisotopic (exact) mass is 384 g/mol. The topological polar surface area (TPSA) is 82.0 Å². The van der Waals surface area contributed by atoms with E-state index in [4.69, 9.17) is 9.47 Å². The highest BCUT2D eigenvalue weighted by Gasteiger charge is 2.15. The van der Waals surface area contributed by atoms with Crippen LogP contribution in [0.15, 0.2) is 77.7 Å². The molecular weight excluding hydrogens is 368 g/mol. The van der Waals surface area contributed by atoms with Gasteiger partial charge in [-0.1, -0.05) is 48.5 Å². The van der Waals surface area contributed by atoms with E-state index in [1.807, 2.05) is 60.7 Å². The maximum atomic E-state index is 12.5. The number of aromatic amines is 1. The number of H-pyrrole nitrogens is 1. The maximum absolute atomic E-state index is 12.5. The first kappa shape index (κ1) is 17.0. The van der Waals surface area contributed by atoms with E-state index < -0.39 is 0 Å². The Bertz CT molecular complexity index is 1390. The van der Waals surface area contributed by atoms with Gasteiger partial charge in [-0.05, 0) is 23.6 Å². The molecule has 2 aromatic heterocycles. The Hall–Kier alpha value is -4.13. The van der Waals surface area contributed by atoms with E-state index in [-0.39, 0.29) is 11.6 Å². The summed E-state index contributed by atoms with van der Waals surface area (Å²) in [5.74, 6) is 1.03. The second kappa shape index (κ2) is 6.79. The predicted molar refractivity (Wildman–Crippen MR) is 110 cm³/mol. The van der Waals surface area contributed by atoms with Crippen molar-refractivity contribution in [1.82, 2.24) is 19.7 Å². The van der Waals surface area contributed by atoms with E-state index in [9.17, 15) is 4.79 Å². The molecule has 0 amide bonds. The fourth-order valence-corrected chi connectivity index (χ4v) is 3.32. The van der Waals surface area contributed by atoms with Gasteiger partial charge in [-0.3, -0.25) is 9.78 Å². The standard InChI is InChI=1S/C22H16N4O3/c1-28-19-16-10-6-5-7-14(16)11-12-18(19)29-22-24-20-17(21(27)25-22)13-23-26(20)15-8-3-2-4-9-15/h2-13H,1H3,(H,24,25,27). The van der Waals surface area contributed by atoms with E-state index >= 15 is 0 Å². The van der Waals surface area contributed by atoms with E-state index in [0.717, 1.165) is 16.5 Å². The second-order valence-electron chi connectivity index (χ2n) is 6.42. The summed E-state index contributed by atoms with van der Waals surface area (Å²) in [6, 6.07) is 21.1. The number of nitrogens with zero attached hydrogens (tertiary/aromatic N) is 3. The van der Waals surface area contributed by atoms with Crippen molar-refractivity contribution in [2.45, 2.75) is 0 Å². The van der Waals surface area contributed by atoms with Crippen LogP contribution in [0.25, 0.3) is 27.5 Å². The lowest BCUT2D eigenvalue weighted by atomic mass is 10.1. The normalized spacial score (nSPS) is 11.1. The summed E-state index contributed by atoms with van der Waals surface area (Å²) in [7, 11) is 1.58. The van der Waals surface area contributed by atoms with Gasteiger partial charge < -0.3 is 9.47 Å². The third kappa shape index (κ3) is 2.89. The Labute approximate surface area is 165 Å². The first-order valence-corrected chi connectivity index (χ1v) is 9.01. The number of hydrogen-bond donors (Lipinski definition) is 1. The van der Waals surface area contributed by atoms with E-state index in [0.29, 0.717) is 22.5 Å². The molecule has 0 fully saturated rings. The first-order valence-electron chi connectivity index (χ1n) is 9.01. The van der Waals surface area contributed by atoms with Gasteiger partial charge in [-0.2, -0.15) is 10.1 Å². The highest BCUT2D eigenvalue weighted by atomic mass is 16.5. The van der Waals surface area contributed by atoms with Crippen LogP contribution in [0.3, 0.4) is 0 Å². The van der Waals surface area contributed by atoms with Crippen molar-refractivity contribution in [3.8, 4) is 23.2 Å². The zero-order valence-electron chi connectivity index (χ0n) is 15.5. The lowest BCUT2D eigenvalue weighted by Gasteiger charge is -2.12. The van der Waals surface area contributed by atoms with Crippen molar-refractivity contribution in [2.24, 2.45) is 0 Å². The van der Waals surface area contributed by atoms with E-state index in [1.54, 1.807) is 17.9 Å². The van der Waals surface area contributed by atoms with Gasteiger partial charge in [-0.15, -0.1) is 0 Å². The largest absolute Gasteiger partial charge is 0.492 e. The zero-order valence-corrected chi connectivity index (χ0v) is 15.5. The zero-order chi connectivity index (χ0) is 19.8. The molecule has 5 aromatic rings. The van der Waals surface area contributed by atoms with Crippen LogP contribution in [-0.2, 0) is 0 Å². The third-order valence-electron chi connectivity index (χ3n) is 4.67. The summed E-state index contributed by atoms with van der Waals surface area (Å²) in [6.07, 6.45) is 1.49. The highest BCUT2D eigenvalue weighted by Crippen LogP contribution is 2.37. The molecule has 0 saturated carbocycles. The van der Waals surface area contributed by atoms with Crippen molar-refractivity contribution < 1.29 is 9.47 Å². The van der Waals surface area contributed by atoms with Crippen LogP contribution in [0.4, 0.5) is 0 Å². The number of aromatic nitrogens is 4. The molecule has 0 aliphatic rings. The van der Waals surface area contributed by atoms with Crippen molar-refractivity contribution in [3.63, 3.8) is 0 Å². The number of methoxy groups -OCH3 is 1. The number of ether oxygens (including phenoxy) is 2. The van der Waals surface area contributed by atoms with Gasteiger partial charge in [0.2, 0.25) is 0 Å². The summed E-state index contributed by atoms with van der Waals surface area (Å²) in [4.78, 5) is 19.7. The fraction of sp³-hybridized carbons (Fsp3) is 0.0455. The van der Waals surface area contributed by atoms with Crippen molar-refractivity contribution >= 4 is 21.8 Å². The number of para-hydroxylation sites is 1. The minimum absolute atomic E-state index is 0.0637. The minimum Gasteiger partial charge on any atom is -0.492 e. The fourth-order valence-electron chi connectivity index (χ4n) is 3.32. The van der Waals surface area contributed by atoms with Gasteiger partial charge in [0.25, 0.3) is 5.56 Å². The Balaban J connectivity index is 1.63. The van der Waals surface area contributed by atoms with Gasteiger partial charge in [0.05, 0.1) is 19.0 Å². The van der Waals surface area contributed by atoms with Gasteiger partial charge >= 0.3 is 6.01 Å². The lowest BCUT2D eigenvalue weighted by Crippen LogP contribution is -2.10. The van der Waals surface area contributed by atoms with Crippen LogP contribution in [0.2, 0.25) is 0 Å². The molecule has 0 radical (unpaired) electrons. The Kier molecular flexibility index (Phi) is 3.98. The summed E-state index contributed by atoms with van der Waals surface area (Å²) >= 11 is 0. The number of benzene rings is 3. The van der Waals surface area contributed by atoms with Gasteiger partial charge in [0, 0.05) is 5.39 Å². The van der Waals surface area contributed by atoms with Gasteiger partial charge in [-0.25, -0.2) is 4.68 Å². The summed E-state index contributed by atoms with van der Waals surface area (Å²) in [5, 5.41) is 6.62. The number of fused-ring (bicyclic) bond motifs is 2. The maximum Gasteiger partial charge on any atom is 0.304 e. The molecule has 0 atom stereocenters. The van der Waals surface area contributed by atoms with Crippen LogP contribution in [0.5, 0.6) is 17.5 Å². The van der Waals surface area contributed by atoms with Crippen LogP contribution in [0, 0.1) is 0 Å². The number of rotatable bonds is 4. The molecular formula is C22H16N4O3. The molecule has 0 aliphatic heterocycles. The first-order chi connectivity index (χ1) is 14.2. The van der Waals surface area contributed by atoms with Gasteiger partial charge in [0.1, 0.15) is 5.39 Å². The molecule has 7 heteroatoms. The second-order valence-corrected chi connectivity index (χ2v) is 6.42. The molecule has 1 N–H and O–H groups in total. The predicted octanol–water partition coefficient (Wildman–Crippen LogP) is 4.06. The summed E-state index contributed by atoms with van der Waals surface area (Å²) in [5.41, 5.74) is 0.886. The molecule has 0 unspecified atom stereocenters. The highest BCUT2D eigenvalue weighted by molar-refractivity contribution is 5.90. The van der Waals surface area contributed by atoms with E-state index in [2.05, 4.69) is 15.1 Å². The molecule has 7 nitrogen and oxygen atoms in total. The Morgan fingerprint density at radius 1 is 0.931 bits per heavy atom. The average molecular weight is 384 g/mol. The number of nitrogens with one attached hydrogen (secondary N) is 1. The smallest absolute Gasteiger partial charge is 0.304 e. The summed E-state index contributed by atoms with van der Waals surface area (Å²) < 4.78 is 13.1. The van der Waals surface area contributed by atoms with Crippen LogP contribution in [0.1, 0.15) is 0 Å². The molecule has 29 heavy (non-hydrogen) atoms. The Morgan fingerprint density at radius 3 is 2.55 bits per heavy atom. The van der Waals surface area contributed by atoms with Gasteiger partial charge in [0.15, 0.2) is 17.1 Å². The molecule has 0 spiro atoms. The molecule has 142 valence electrons. The minimum atomic E-state index is -0.327. The molecule has 2 heterocycles. The van der Waals surface area contributed by atoms with Crippen molar-refractivity contribution in [2.75, 3.05) is 7.11 Å². The van der Waals surface area contributed by atoms with Crippen molar-refractivity contribution in [3.05, 3.63) is 83.3 Å². The third-order valence-corrected chi connectivity index (χ3v) is 4.67. The molecule has 5 rings (SSSR count). The van der Waals surface area contributed by atoms with Crippen LogP contribution < -0.4 is 15.0 Å². The van der Waals surface area contributed by atoms with E-state index in [1.165, 1.54) is 6.20 Å². The average Bonchev–Trinajstić information content (AvgIpc) is 3.19. The Morgan fingerprint density at radius 2 is 1.72 bits per heavy atom. The molecule has 0 saturated heterocycles. The SMILES string of the molecule is COc1c(Oc2nc3c(cnn3-c3ccccc3)c(=O)[nH]2)ccc2ccccc12. The lowest BCUT2D eigenvalue weighted by molar-refractivity contribution is 0.372. The number of hydrogen-bond acceptors (Lipinski definition) is 5. The van der Waals surface area contributed by atoms with Crippen LogP contribution in [-0.4, -0.2) is 26.9 Å². The molecule has 0 aliphatic carbocycles. The molecule has 0 bridgehead atoms. The summed E-state index contributed by atoms with van der Waals surface area (Å²) in [6.45, 7) is 0. The van der Waals surface area contributed by atoms with Crippen LogP contribution >= 0.6 is 0 Å².